The van der Waals surface area contributed by atoms with Gasteiger partial charge in [0.25, 0.3) is 0 Å². The number of carboxylic acid groups (broad SMARTS) is 1. The molecule has 0 spiro atoms. The normalized spacial score (nSPS) is 11.9. The molecule has 1 aliphatic rings. The molecule has 0 saturated heterocycles. The topological polar surface area (TPSA) is 50.2 Å². The molecule has 0 saturated carbocycles. The predicted octanol–water partition coefficient (Wildman–Crippen LogP) is 4.63. The van der Waals surface area contributed by atoms with Crippen LogP contribution in [0, 0.1) is 5.82 Å². The van der Waals surface area contributed by atoms with Crippen molar-refractivity contribution in [2.75, 3.05) is 0 Å². The van der Waals surface area contributed by atoms with E-state index in [1.165, 1.54) is 25.6 Å². The van der Waals surface area contributed by atoms with E-state index in [0.29, 0.717) is 10.9 Å². The number of benzene rings is 3. The van der Waals surface area contributed by atoms with Gasteiger partial charge in [0.2, 0.25) is 0 Å². The third kappa shape index (κ3) is 2.88. The number of hydrogen-bond donors (Lipinski definition) is 1. The van der Waals surface area contributed by atoms with Gasteiger partial charge in [-0.1, -0.05) is 0 Å². The summed E-state index contributed by atoms with van der Waals surface area (Å²) in [5.41, 5.74) is 5.63. The van der Waals surface area contributed by atoms with Gasteiger partial charge < -0.3 is 0 Å². The fourth-order valence-corrected chi connectivity index (χ4v) is 7.77. The van der Waals surface area contributed by atoms with E-state index in [4.69, 9.17) is 4.98 Å². The summed E-state index contributed by atoms with van der Waals surface area (Å²) in [6.07, 6.45) is 0. The molecular formula is C23H14FNO2Y. The maximum atomic E-state index is 13.7. The van der Waals surface area contributed by atoms with Crippen LogP contribution < -0.4 is 2.37 Å². The summed E-state index contributed by atoms with van der Waals surface area (Å²) in [4.78, 5) is 16.8. The summed E-state index contributed by atoms with van der Waals surface area (Å²) < 4.78 is 15.9. The molecule has 133 valence electrons. The number of pyridine rings is 1. The number of nitrogens with zero attached hydrogens (tertiary/aromatic N) is 1. The standard InChI is InChI=1S/C23H14FNO2.Y/c1-14-21(23(26)27)19-13-18(24)11-12-20(19)25-22(14)17-9-7-16(8-10-17)15-5-3-2-4-6-15;/h2-9,11-13H,1H2,(H,26,27);. The number of aromatic carboxylic acids is 1. The van der Waals surface area contributed by atoms with Crippen LogP contribution in [0.3, 0.4) is 0 Å². The molecular weight excluding hydrogens is 430 g/mol. The molecule has 5 rings (SSSR count). The van der Waals surface area contributed by atoms with Crippen LogP contribution in [0.1, 0.15) is 15.9 Å². The van der Waals surface area contributed by atoms with Gasteiger partial charge in [-0.25, -0.2) is 0 Å². The fourth-order valence-electron chi connectivity index (χ4n) is 3.91. The van der Waals surface area contributed by atoms with Gasteiger partial charge in [0.05, 0.1) is 0 Å². The van der Waals surface area contributed by atoms with E-state index in [-0.39, 0.29) is 5.56 Å². The molecule has 3 nitrogen and oxygen atoms in total. The zero-order valence-corrected chi connectivity index (χ0v) is 17.7. The van der Waals surface area contributed by atoms with Crippen molar-refractivity contribution in [2.24, 2.45) is 0 Å². The van der Waals surface area contributed by atoms with Crippen molar-refractivity contribution in [2.45, 2.75) is 3.23 Å². The molecule has 1 aromatic heterocycles. The first-order valence-corrected chi connectivity index (χ1v) is 12.4. The molecule has 1 N–H and O–H groups in total. The Labute approximate surface area is 176 Å². The van der Waals surface area contributed by atoms with Crippen molar-refractivity contribution in [1.29, 1.82) is 0 Å². The Bertz CT molecular complexity index is 1250. The Balaban J connectivity index is 1.74. The van der Waals surface area contributed by atoms with Crippen LogP contribution in [-0.2, 0) is 32.4 Å². The van der Waals surface area contributed by atoms with E-state index >= 15 is 0 Å². The van der Waals surface area contributed by atoms with Gasteiger partial charge in [0.15, 0.2) is 0 Å². The summed E-state index contributed by atoms with van der Waals surface area (Å²) in [6.45, 7) is 0. The summed E-state index contributed by atoms with van der Waals surface area (Å²) >= 11 is -1.23. The second-order valence-electron chi connectivity index (χ2n) is 6.86. The first kappa shape index (κ1) is 17.7. The zero-order valence-electron chi connectivity index (χ0n) is 14.8. The minimum absolute atomic E-state index is 0.212. The van der Waals surface area contributed by atoms with E-state index in [9.17, 15) is 14.3 Å². The van der Waals surface area contributed by atoms with Gasteiger partial charge in [0, 0.05) is 0 Å². The van der Waals surface area contributed by atoms with Crippen molar-refractivity contribution in [3.8, 4) is 22.4 Å². The molecule has 5 heteroatoms. The number of rotatable bonds is 2. The van der Waals surface area contributed by atoms with Gasteiger partial charge in [0.1, 0.15) is 0 Å². The Morgan fingerprint density at radius 1 is 1.00 bits per heavy atom. The molecule has 4 aromatic rings. The molecule has 0 aliphatic carbocycles. The second-order valence-corrected chi connectivity index (χ2v) is 10.4. The van der Waals surface area contributed by atoms with Gasteiger partial charge >= 0.3 is 177 Å². The molecule has 2 heterocycles. The van der Waals surface area contributed by atoms with Gasteiger partial charge in [-0.3, -0.25) is 0 Å². The van der Waals surface area contributed by atoms with E-state index in [1.54, 1.807) is 6.07 Å². The molecule has 1 aliphatic heterocycles. The second kappa shape index (κ2) is 6.87. The van der Waals surface area contributed by atoms with E-state index < -0.39 is 41.0 Å². The monoisotopic (exact) mass is 444 g/mol. The molecule has 0 bridgehead atoms. The number of fused-ring (bicyclic) bond motifs is 4. The molecule has 28 heavy (non-hydrogen) atoms. The molecule has 3 aromatic carbocycles. The average molecular weight is 444 g/mol. The van der Waals surface area contributed by atoms with E-state index in [1.807, 2.05) is 18.2 Å². The van der Waals surface area contributed by atoms with Crippen molar-refractivity contribution in [3.05, 3.63) is 83.7 Å². The van der Waals surface area contributed by atoms with Crippen LogP contribution in [0.5, 0.6) is 0 Å². The summed E-state index contributed by atoms with van der Waals surface area (Å²) in [5, 5.41) is 10.2. The Morgan fingerprint density at radius 2 is 1.82 bits per heavy atom. The Hall–Kier alpha value is -2.43. The van der Waals surface area contributed by atoms with Crippen molar-refractivity contribution < 1.29 is 43.5 Å². The summed E-state index contributed by atoms with van der Waals surface area (Å²) in [7, 11) is 0. The fraction of sp³-hybridized carbons (Fsp3) is 0.0435. The molecule has 0 amide bonds. The minimum atomic E-state index is -1.23. The SMILES string of the molecule is O=C(O)c1c2c(nc3ccc(F)cc13)-c1ccc(-c3ccccc3)c[c]1[Y][CH2]2. The van der Waals surface area contributed by atoms with E-state index in [0.717, 1.165) is 20.1 Å². The predicted molar refractivity (Wildman–Crippen MR) is 103 cm³/mol. The maximum absolute atomic E-state index is 13.7. The first-order valence-electron chi connectivity index (χ1n) is 9.00. The van der Waals surface area contributed by atoms with Gasteiger partial charge in [-0.15, -0.1) is 0 Å². The quantitative estimate of drug-likeness (QED) is 0.491. The van der Waals surface area contributed by atoms with Crippen LogP contribution in [0.4, 0.5) is 4.39 Å². The van der Waals surface area contributed by atoms with Gasteiger partial charge in [-0.05, 0) is 0 Å². The summed E-state index contributed by atoms with van der Waals surface area (Å²) in [5.74, 6) is -1.45. The number of carboxylic acids is 1. The summed E-state index contributed by atoms with van der Waals surface area (Å²) in [6, 6.07) is 20.8. The van der Waals surface area contributed by atoms with Crippen LogP contribution in [0.25, 0.3) is 33.3 Å². The number of aromatic nitrogens is 1. The van der Waals surface area contributed by atoms with Crippen LogP contribution in [0.2, 0.25) is 0 Å². The van der Waals surface area contributed by atoms with E-state index in [2.05, 4.69) is 30.3 Å². The Kier molecular flexibility index (Phi) is 4.33. The molecule has 0 atom stereocenters. The van der Waals surface area contributed by atoms with Gasteiger partial charge in [-0.2, -0.15) is 0 Å². The molecule has 0 unspecified atom stereocenters. The van der Waals surface area contributed by atoms with Crippen LogP contribution >= 0.6 is 0 Å². The number of carbonyl (C=O) groups is 1. The Morgan fingerprint density at radius 3 is 2.61 bits per heavy atom. The van der Waals surface area contributed by atoms with Crippen molar-refractivity contribution in [3.63, 3.8) is 0 Å². The molecule has 0 fully saturated rings. The first-order chi connectivity index (χ1) is 13.6. The third-order valence-electron chi connectivity index (χ3n) is 5.20. The van der Waals surface area contributed by atoms with Crippen molar-refractivity contribution >= 4 is 19.2 Å². The molecule has 0 radical (unpaired) electrons. The number of hydrogen-bond acceptors (Lipinski definition) is 2. The third-order valence-corrected chi connectivity index (χ3v) is 8.96. The average Bonchev–Trinajstić information content (AvgIpc) is 2.72. The van der Waals surface area contributed by atoms with Crippen molar-refractivity contribution in [1.82, 2.24) is 4.98 Å². The van der Waals surface area contributed by atoms with Crippen LogP contribution in [0.15, 0.2) is 66.7 Å². The zero-order chi connectivity index (χ0) is 19.3. The van der Waals surface area contributed by atoms with Crippen LogP contribution in [-0.4, -0.2) is 16.1 Å². The number of halogens is 1.